The Morgan fingerprint density at radius 2 is 2.16 bits per heavy atom. The summed E-state index contributed by atoms with van der Waals surface area (Å²) >= 11 is 0. The second kappa shape index (κ2) is 6.68. The molecule has 5 heteroatoms. The van der Waals surface area contributed by atoms with Crippen LogP contribution in [0.1, 0.15) is 42.3 Å². The molecule has 4 N–H and O–H groups in total. The third-order valence-electron chi connectivity index (χ3n) is 2.46. The third-order valence-corrected chi connectivity index (χ3v) is 2.46. The molecule has 0 unspecified atom stereocenters. The van der Waals surface area contributed by atoms with E-state index in [0.29, 0.717) is 11.5 Å². The molecule has 1 aromatic carbocycles. The number of nitrogens with zero attached hydrogens (tertiary/aromatic N) is 1. The predicted octanol–water partition coefficient (Wildman–Crippen LogP) is 1.90. The van der Waals surface area contributed by atoms with Crippen molar-refractivity contribution in [3.63, 3.8) is 0 Å². The molecule has 5 nitrogen and oxygen atoms in total. The van der Waals surface area contributed by atoms with Gasteiger partial charge in [0.1, 0.15) is 0 Å². The Morgan fingerprint density at radius 1 is 1.47 bits per heavy atom. The Balaban J connectivity index is 3.02. The molecule has 0 aliphatic heterocycles. The molecule has 0 saturated heterocycles. The van der Waals surface area contributed by atoms with Crippen LogP contribution >= 0.6 is 0 Å². The number of carbonyl (C=O) groups excluding carboxylic acids is 1. The fourth-order valence-electron chi connectivity index (χ4n) is 1.76. The molecule has 0 atom stereocenters. The van der Waals surface area contributed by atoms with Gasteiger partial charge in [-0.2, -0.15) is 5.10 Å². The van der Waals surface area contributed by atoms with Crippen molar-refractivity contribution in [3.8, 4) is 0 Å². The van der Waals surface area contributed by atoms with Crippen LogP contribution in [0.25, 0.3) is 0 Å². The number of rotatable bonds is 5. The zero-order valence-corrected chi connectivity index (χ0v) is 11.5. The highest BCUT2D eigenvalue weighted by Gasteiger charge is 2.05. The van der Waals surface area contributed by atoms with Crippen LogP contribution in [0.15, 0.2) is 23.3 Å². The van der Waals surface area contributed by atoms with Crippen molar-refractivity contribution < 1.29 is 4.79 Å². The van der Waals surface area contributed by atoms with Crippen molar-refractivity contribution in [1.82, 2.24) is 5.43 Å². The van der Waals surface area contributed by atoms with Crippen LogP contribution in [0.3, 0.4) is 0 Å². The topological polar surface area (TPSA) is 91.3 Å². The molecule has 0 saturated carbocycles. The van der Waals surface area contributed by atoms with Gasteiger partial charge in [-0.25, -0.2) is 5.43 Å². The number of hydrogen-bond donors (Lipinski definition) is 3. The first-order valence-electron chi connectivity index (χ1n) is 6.16. The lowest BCUT2D eigenvalue weighted by Gasteiger charge is -2.08. The van der Waals surface area contributed by atoms with Crippen molar-refractivity contribution in [2.75, 3.05) is 0 Å². The largest absolute Gasteiger partial charge is 0.369 e. The standard InChI is InChI=1S/C14H20N4O/c1-9(2)4-11-5-12(8-17-18-14(15)16)7-13(6-11)10(3)19/h5-9H,4H2,1-3H3,(H4,15,16,18)/b17-8-. The summed E-state index contributed by atoms with van der Waals surface area (Å²) in [7, 11) is 0. The monoisotopic (exact) mass is 260 g/mol. The molecular weight excluding hydrogens is 240 g/mol. The predicted molar refractivity (Wildman–Crippen MR) is 77.6 cm³/mol. The van der Waals surface area contributed by atoms with E-state index in [0.717, 1.165) is 17.5 Å². The van der Waals surface area contributed by atoms with Gasteiger partial charge in [0.25, 0.3) is 0 Å². The van der Waals surface area contributed by atoms with Crippen LogP contribution < -0.4 is 11.2 Å². The van der Waals surface area contributed by atoms with E-state index in [1.165, 1.54) is 0 Å². The van der Waals surface area contributed by atoms with Gasteiger partial charge in [-0.3, -0.25) is 10.2 Å². The molecule has 0 radical (unpaired) electrons. The number of hydrogen-bond acceptors (Lipinski definition) is 3. The van der Waals surface area contributed by atoms with Gasteiger partial charge in [0.2, 0.25) is 5.96 Å². The molecule has 0 aliphatic carbocycles. The molecule has 0 amide bonds. The van der Waals surface area contributed by atoms with Crippen molar-refractivity contribution in [3.05, 3.63) is 34.9 Å². The van der Waals surface area contributed by atoms with E-state index < -0.39 is 0 Å². The van der Waals surface area contributed by atoms with Crippen LogP contribution in [0, 0.1) is 11.3 Å². The van der Waals surface area contributed by atoms with Crippen LogP contribution in [0.2, 0.25) is 0 Å². The maximum absolute atomic E-state index is 11.5. The summed E-state index contributed by atoms with van der Waals surface area (Å²) in [5.74, 6) is 0.323. The number of Topliss-reactive ketones (excluding diaryl/α,β-unsaturated/α-hetero) is 1. The number of guanidine groups is 1. The highest BCUT2D eigenvalue weighted by molar-refractivity contribution is 5.96. The molecular formula is C14H20N4O. The highest BCUT2D eigenvalue weighted by Crippen LogP contribution is 2.14. The SMILES string of the molecule is CC(=O)c1cc(/C=N\NC(=N)N)cc(CC(C)C)c1. The van der Waals surface area contributed by atoms with E-state index >= 15 is 0 Å². The van der Waals surface area contributed by atoms with Gasteiger partial charge in [-0.05, 0) is 42.5 Å². The lowest BCUT2D eigenvalue weighted by Crippen LogP contribution is -2.25. The summed E-state index contributed by atoms with van der Waals surface area (Å²) in [6, 6.07) is 5.67. The lowest BCUT2D eigenvalue weighted by molar-refractivity contribution is 0.101. The van der Waals surface area contributed by atoms with Crippen LogP contribution in [0.4, 0.5) is 0 Å². The summed E-state index contributed by atoms with van der Waals surface area (Å²) in [5.41, 5.74) is 10.1. The lowest BCUT2D eigenvalue weighted by atomic mass is 9.97. The van der Waals surface area contributed by atoms with Gasteiger partial charge in [0.05, 0.1) is 6.21 Å². The second-order valence-corrected chi connectivity index (χ2v) is 4.90. The van der Waals surface area contributed by atoms with E-state index in [1.807, 2.05) is 12.1 Å². The maximum Gasteiger partial charge on any atom is 0.206 e. The molecule has 0 aliphatic rings. The quantitative estimate of drug-likeness (QED) is 0.327. The molecule has 0 fully saturated rings. The van der Waals surface area contributed by atoms with E-state index in [1.54, 1.807) is 19.2 Å². The van der Waals surface area contributed by atoms with Crippen LogP contribution in [-0.4, -0.2) is 18.0 Å². The van der Waals surface area contributed by atoms with Crippen molar-refractivity contribution in [2.24, 2.45) is 16.8 Å². The number of hydrazone groups is 1. The van der Waals surface area contributed by atoms with Gasteiger partial charge in [0, 0.05) is 5.56 Å². The van der Waals surface area contributed by atoms with E-state index in [4.69, 9.17) is 11.1 Å². The number of nitrogens with two attached hydrogens (primary N) is 1. The zero-order valence-electron chi connectivity index (χ0n) is 11.5. The van der Waals surface area contributed by atoms with Gasteiger partial charge >= 0.3 is 0 Å². The normalized spacial score (nSPS) is 10.9. The molecule has 1 rings (SSSR count). The highest BCUT2D eigenvalue weighted by atomic mass is 16.1. The molecule has 0 aromatic heterocycles. The number of nitrogens with one attached hydrogen (secondary N) is 2. The van der Waals surface area contributed by atoms with Crippen molar-refractivity contribution >= 4 is 18.0 Å². The molecule has 0 spiro atoms. The van der Waals surface area contributed by atoms with E-state index in [-0.39, 0.29) is 11.7 Å². The maximum atomic E-state index is 11.5. The van der Waals surface area contributed by atoms with Gasteiger partial charge in [-0.1, -0.05) is 19.9 Å². The Morgan fingerprint density at radius 3 is 2.68 bits per heavy atom. The van der Waals surface area contributed by atoms with Crippen molar-refractivity contribution in [1.29, 1.82) is 5.41 Å². The smallest absolute Gasteiger partial charge is 0.206 e. The summed E-state index contributed by atoms with van der Waals surface area (Å²) < 4.78 is 0. The van der Waals surface area contributed by atoms with Crippen LogP contribution in [0.5, 0.6) is 0 Å². The number of ketones is 1. The fraction of sp³-hybridized carbons (Fsp3) is 0.357. The minimum atomic E-state index is -0.221. The fourth-order valence-corrected chi connectivity index (χ4v) is 1.76. The Kier molecular flexibility index (Phi) is 5.23. The Bertz CT molecular complexity index is 506. The Labute approximate surface area is 113 Å². The minimum Gasteiger partial charge on any atom is -0.369 e. The minimum absolute atomic E-state index is 0.0276. The second-order valence-electron chi connectivity index (χ2n) is 4.90. The van der Waals surface area contributed by atoms with Crippen molar-refractivity contribution in [2.45, 2.75) is 27.2 Å². The summed E-state index contributed by atoms with van der Waals surface area (Å²) in [6.07, 6.45) is 2.46. The first-order chi connectivity index (χ1) is 8.88. The van der Waals surface area contributed by atoms with Crippen LogP contribution in [-0.2, 0) is 6.42 Å². The van der Waals surface area contributed by atoms with Gasteiger partial charge in [0.15, 0.2) is 5.78 Å². The summed E-state index contributed by atoms with van der Waals surface area (Å²) in [6.45, 7) is 5.81. The molecule has 0 bridgehead atoms. The molecule has 102 valence electrons. The first-order valence-corrected chi connectivity index (χ1v) is 6.16. The van der Waals surface area contributed by atoms with Gasteiger partial charge in [-0.15, -0.1) is 0 Å². The van der Waals surface area contributed by atoms with E-state index in [2.05, 4.69) is 24.4 Å². The molecule has 0 heterocycles. The van der Waals surface area contributed by atoms with Gasteiger partial charge < -0.3 is 5.73 Å². The Hall–Kier alpha value is -2.17. The average molecular weight is 260 g/mol. The summed E-state index contributed by atoms with van der Waals surface area (Å²) in [4.78, 5) is 11.5. The third kappa shape index (κ3) is 5.33. The molecule has 1 aromatic rings. The number of benzene rings is 1. The van der Waals surface area contributed by atoms with E-state index in [9.17, 15) is 4.79 Å². The summed E-state index contributed by atoms with van der Waals surface area (Å²) in [5, 5.41) is 10.8. The average Bonchev–Trinajstić information content (AvgIpc) is 2.27. The first kappa shape index (κ1) is 14.9. The zero-order chi connectivity index (χ0) is 14.4. The number of carbonyl (C=O) groups is 1. The molecule has 19 heavy (non-hydrogen) atoms.